The third-order valence-corrected chi connectivity index (χ3v) is 2.97. The van der Waals surface area contributed by atoms with Crippen LogP contribution in [0.4, 0.5) is 15.8 Å². The van der Waals surface area contributed by atoms with Gasteiger partial charge in [0.1, 0.15) is 5.82 Å². The fraction of sp³-hybridized carbons (Fsp3) is 0.143. The molecule has 2 N–H and O–H groups in total. The number of nitrogens with two attached hydrogens (primary N) is 1. The first kappa shape index (κ1) is 12.7. The summed E-state index contributed by atoms with van der Waals surface area (Å²) in [5.74, 6) is -0.293. The highest BCUT2D eigenvalue weighted by atomic mass is 35.5. The first-order valence-corrected chi connectivity index (χ1v) is 5.94. The van der Waals surface area contributed by atoms with E-state index in [2.05, 4.69) is 0 Å². The minimum atomic E-state index is -0.293. The second kappa shape index (κ2) is 5.27. The van der Waals surface area contributed by atoms with Crippen LogP contribution in [0.3, 0.4) is 0 Å². The van der Waals surface area contributed by atoms with Crippen LogP contribution in [0.2, 0.25) is 5.02 Å². The average molecular weight is 265 g/mol. The molecule has 0 fully saturated rings. The van der Waals surface area contributed by atoms with Gasteiger partial charge in [-0.25, -0.2) is 4.39 Å². The van der Waals surface area contributed by atoms with Crippen molar-refractivity contribution in [3.05, 3.63) is 58.9 Å². The largest absolute Gasteiger partial charge is 0.399 e. The molecule has 0 aromatic heterocycles. The quantitative estimate of drug-likeness (QED) is 0.857. The van der Waals surface area contributed by atoms with Gasteiger partial charge in [0.2, 0.25) is 0 Å². The average Bonchev–Trinajstić information content (AvgIpc) is 2.32. The molecule has 18 heavy (non-hydrogen) atoms. The SMILES string of the molecule is CN(Cc1ccc(Cl)cc1F)c1cccc(N)c1. The lowest BCUT2D eigenvalue weighted by molar-refractivity contribution is 0.608. The molecule has 0 saturated carbocycles. The maximum atomic E-state index is 13.7. The Hall–Kier alpha value is -1.74. The standard InChI is InChI=1S/C14H14ClFN2/c1-18(13-4-2-3-12(17)8-13)9-10-5-6-11(15)7-14(10)16/h2-8H,9,17H2,1H3. The minimum absolute atomic E-state index is 0.293. The van der Waals surface area contributed by atoms with Gasteiger partial charge in [-0.05, 0) is 30.3 Å². The molecule has 2 rings (SSSR count). The molecular weight excluding hydrogens is 251 g/mol. The highest BCUT2D eigenvalue weighted by Gasteiger charge is 2.07. The summed E-state index contributed by atoms with van der Waals surface area (Å²) in [6, 6.07) is 12.2. The van der Waals surface area contributed by atoms with Gasteiger partial charge >= 0.3 is 0 Å². The van der Waals surface area contributed by atoms with Gasteiger partial charge in [0.25, 0.3) is 0 Å². The number of halogens is 2. The lowest BCUT2D eigenvalue weighted by Crippen LogP contribution is -2.17. The molecule has 0 radical (unpaired) electrons. The van der Waals surface area contributed by atoms with Gasteiger partial charge < -0.3 is 10.6 Å². The monoisotopic (exact) mass is 264 g/mol. The number of nitrogens with zero attached hydrogens (tertiary/aromatic N) is 1. The minimum Gasteiger partial charge on any atom is -0.399 e. The van der Waals surface area contributed by atoms with Crippen LogP contribution in [0, 0.1) is 5.82 Å². The Morgan fingerprint density at radius 3 is 2.67 bits per heavy atom. The van der Waals surface area contributed by atoms with E-state index in [1.54, 1.807) is 12.1 Å². The lowest BCUT2D eigenvalue weighted by atomic mass is 10.2. The van der Waals surface area contributed by atoms with Gasteiger partial charge in [0.05, 0.1) is 0 Å². The predicted octanol–water partition coefficient (Wildman–Crippen LogP) is 3.70. The Labute approximate surface area is 111 Å². The fourth-order valence-corrected chi connectivity index (χ4v) is 1.92. The van der Waals surface area contributed by atoms with Crippen LogP contribution in [-0.4, -0.2) is 7.05 Å². The first-order chi connectivity index (χ1) is 8.56. The van der Waals surface area contributed by atoms with Crippen molar-refractivity contribution in [1.82, 2.24) is 0 Å². The Balaban J connectivity index is 2.18. The van der Waals surface area contributed by atoms with E-state index in [1.807, 2.05) is 36.2 Å². The zero-order valence-corrected chi connectivity index (χ0v) is 10.8. The summed E-state index contributed by atoms with van der Waals surface area (Å²) in [6.07, 6.45) is 0. The van der Waals surface area contributed by atoms with E-state index >= 15 is 0 Å². The number of anilines is 2. The topological polar surface area (TPSA) is 29.3 Å². The summed E-state index contributed by atoms with van der Waals surface area (Å²) >= 11 is 5.72. The summed E-state index contributed by atoms with van der Waals surface area (Å²) in [7, 11) is 1.89. The van der Waals surface area contributed by atoms with Crippen molar-refractivity contribution in [2.45, 2.75) is 6.54 Å². The van der Waals surface area contributed by atoms with E-state index in [1.165, 1.54) is 6.07 Å². The van der Waals surface area contributed by atoms with Gasteiger partial charge in [-0.2, -0.15) is 0 Å². The highest BCUT2D eigenvalue weighted by molar-refractivity contribution is 6.30. The van der Waals surface area contributed by atoms with Crippen LogP contribution in [0.15, 0.2) is 42.5 Å². The fourth-order valence-electron chi connectivity index (χ4n) is 1.76. The van der Waals surface area contributed by atoms with Crippen LogP contribution in [0.1, 0.15) is 5.56 Å². The molecule has 0 saturated heterocycles. The molecule has 94 valence electrons. The molecule has 0 amide bonds. The smallest absolute Gasteiger partial charge is 0.129 e. The van der Waals surface area contributed by atoms with Crippen molar-refractivity contribution >= 4 is 23.0 Å². The van der Waals surface area contributed by atoms with E-state index in [4.69, 9.17) is 17.3 Å². The zero-order valence-electron chi connectivity index (χ0n) is 10.0. The molecule has 2 aromatic rings. The maximum Gasteiger partial charge on any atom is 0.129 e. The third kappa shape index (κ3) is 2.93. The molecule has 0 heterocycles. The van der Waals surface area contributed by atoms with Crippen LogP contribution in [0.25, 0.3) is 0 Å². The number of benzene rings is 2. The van der Waals surface area contributed by atoms with Crippen molar-refractivity contribution in [3.63, 3.8) is 0 Å². The molecule has 0 unspecified atom stereocenters. The van der Waals surface area contributed by atoms with E-state index in [9.17, 15) is 4.39 Å². The Morgan fingerprint density at radius 2 is 2.00 bits per heavy atom. The highest BCUT2D eigenvalue weighted by Crippen LogP contribution is 2.21. The number of hydrogen-bond donors (Lipinski definition) is 1. The molecule has 0 aliphatic rings. The van der Waals surface area contributed by atoms with Gasteiger partial charge in [-0.15, -0.1) is 0 Å². The van der Waals surface area contributed by atoms with Crippen molar-refractivity contribution in [3.8, 4) is 0 Å². The van der Waals surface area contributed by atoms with Crippen LogP contribution in [-0.2, 0) is 6.54 Å². The summed E-state index contributed by atoms with van der Waals surface area (Å²) < 4.78 is 13.7. The second-order valence-electron chi connectivity index (χ2n) is 4.19. The van der Waals surface area contributed by atoms with E-state index in [-0.39, 0.29) is 5.82 Å². The van der Waals surface area contributed by atoms with Gasteiger partial charge in [-0.1, -0.05) is 23.7 Å². The van der Waals surface area contributed by atoms with E-state index < -0.39 is 0 Å². The zero-order chi connectivity index (χ0) is 13.1. The van der Waals surface area contributed by atoms with Crippen LogP contribution in [0.5, 0.6) is 0 Å². The number of rotatable bonds is 3. The van der Waals surface area contributed by atoms with Crippen molar-refractivity contribution < 1.29 is 4.39 Å². The molecule has 0 spiro atoms. The normalized spacial score (nSPS) is 10.4. The van der Waals surface area contributed by atoms with Crippen molar-refractivity contribution in [2.75, 3.05) is 17.7 Å². The summed E-state index contributed by atoms with van der Waals surface area (Å²) in [6.45, 7) is 0.465. The van der Waals surface area contributed by atoms with Crippen LogP contribution < -0.4 is 10.6 Å². The summed E-state index contributed by atoms with van der Waals surface area (Å²) in [5, 5.41) is 0.405. The molecule has 0 atom stereocenters. The molecule has 0 bridgehead atoms. The Kier molecular flexibility index (Phi) is 3.72. The molecule has 0 aliphatic carbocycles. The Morgan fingerprint density at radius 1 is 1.22 bits per heavy atom. The molecule has 4 heteroatoms. The molecule has 2 aromatic carbocycles. The van der Waals surface area contributed by atoms with Gasteiger partial charge in [0, 0.05) is 35.6 Å². The van der Waals surface area contributed by atoms with E-state index in [0.717, 1.165) is 5.69 Å². The molecular formula is C14H14ClFN2. The summed E-state index contributed by atoms with van der Waals surface area (Å²) in [4.78, 5) is 1.93. The van der Waals surface area contributed by atoms with Crippen molar-refractivity contribution in [2.24, 2.45) is 0 Å². The predicted molar refractivity (Wildman–Crippen MR) is 74.4 cm³/mol. The lowest BCUT2D eigenvalue weighted by Gasteiger charge is -2.20. The van der Waals surface area contributed by atoms with E-state index in [0.29, 0.717) is 22.8 Å². The second-order valence-corrected chi connectivity index (χ2v) is 4.62. The summed E-state index contributed by atoms with van der Waals surface area (Å²) in [5.41, 5.74) is 7.96. The van der Waals surface area contributed by atoms with Crippen LogP contribution >= 0.6 is 11.6 Å². The number of nitrogen functional groups attached to an aromatic ring is 1. The number of hydrogen-bond acceptors (Lipinski definition) is 2. The Bertz CT molecular complexity index is 557. The third-order valence-electron chi connectivity index (χ3n) is 2.73. The van der Waals surface area contributed by atoms with Gasteiger partial charge in [-0.3, -0.25) is 0 Å². The van der Waals surface area contributed by atoms with Crippen molar-refractivity contribution in [1.29, 1.82) is 0 Å². The maximum absolute atomic E-state index is 13.7. The first-order valence-electron chi connectivity index (χ1n) is 5.57. The molecule has 0 aliphatic heterocycles. The molecule has 2 nitrogen and oxygen atoms in total. The van der Waals surface area contributed by atoms with Gasteiger partial charge in [0.15, 0.2) is 0 Å².